The third-order valence-electron chi connectivity index (χ3n) is 2.53. The quantitative estimate of drug-likeness (QED) is 0.562. The molecule has 2 nitrogen and oxygen atoms in total. The van der Waals surface area contributed by atoms with Crippen molar-refractivity contribution in [1.82, 2.24) is 9.80 Å². The van der Waals surface area contributed by atoms with Crippen LogP contribution in [-0.2, 0) is 0 Å². The van der Waals surface area contributed by atoms with Gasteiger partial charge in [-0.05, 0) is 34.1 Å². The van der Waals surface area contributed by atoms with Gasteiger partial charge in [-0.2, -0.15) is 0 Å². The second-order valence-electron chi connectivity index (χ2n) is 4.41. The molecule has 0 aromatic heterocycles. The number of halogens is 3. The summed E-state index contributed by atoms with van der Waals surface area (Å²) in [6.45, 7) is 3.26. The Morgan fingerprint density at radius 2 is 1.76 bits per heavy atom. The van der Waals surface area contributed by atoms with Crippen molar-refractivity contribution in [3.05, 3.63) is 12.1 Å². The summed E-state index contributed by atoms with van der Waals surface area (Å²) >= 11 is 0. The Morgan fingerprint density at radius 1 is 1.29 bits per heavy atom. The van der Waals surface area contributed by atoms with Crippen LogP contribution in [0.5, 0.6) is 0 Å². The molecule has 17 heavy (non-hydrogen) atoms. The summed E-state index contributed by atoms with van der Waals surface area (Å²) in [5.74, 6) is 0. The van der Waals surface area contributed by atoms with Gasteiger partial charge in [-0.3, -0.25) is 4.90 Å². The third-order valence-corrected chi connectivity index (χ3v) is 2.53. The van der Waals surface area contributed by atoms with E-state index < -0.39 is 12.4 Å². The molecule has 0 aliphatic heterocycles. The van der Waals surface area contributed by atoms with Crippen molar-refractivity contribution in [3.8, 4) is 0 Å². The Balaban J connectivity index is 0. The first kappa shape index (κ1) is 20.5. The molecular weight excluding hydrogens is 255 g/mol. The predicted octanol–water partition coefficient (Wildman–Crippen LogP) is -0.795. The molecule has 0 heterocycles. The largest absolute Gasteiger partial charge is 1.00 e. The van der Waals surface area contributed by atoms with Crippen molar-refractivity contribution >= 4 is 6.98 Å². The van der Waals surface area contributed by atoms with Gasteiger partial charge >= 0.3 is 58.4 Å². The molecule has 0 aromatic carbocycles. The van der Waals surface area contributed by atoms with Crippen molar-refractivity contribution in [1.29, 1.82) is 0 Å². The van der Waals surface area contributed by atoms with Crippen LogP contribution in [0.3, 0.4) is 0 Å². The van der Waals surface area contributed by atoms with E-state index in [2.05, 4.69) is 6.58 Å². The van der Waals surface area contributed by atoms with E-state index in [9.17, 15) is 12.9 Å². The monoisotopic (exact) mass is 276 g/mol. The minimum Gasteiger partial charge on any atom is -0.445 e. The Bertz CT molecular complexity index is 234. The fraction of sp³-hybridized carbons (Fsp3) is 0.800. The second-order valence-corrected chi connectivity index (χ2v) is 4.41. The molecule has 0 radical (unpaired) electrons. The zero-order valence-electron chi connectivity index (χ0n) is 11.5. The standard InChI is InChI=1S/C10H21BF3N2.K/c1-6-16(10(3)8-15(4)5)7-9(2)11(12,13)14;/h10H,2,6-8H2,1,3-5H3;/q-1;+1. The van der Waals surface area contributed by atoms with Crippen molar-refractivity contribution in [2.45, 2.75) is 19.9 Å². The molecular formula is C10H21BF3KN2. The molecule has 0 rings (SSSR count). The number of nitrogens with zero attached hydrogens (tertiary/aromatic N) is 2. The van der Waals surface area contributed by atoms with Gasteiger partial charge in [0.1, 0.15) is 0 Å². The third kappa shape index (κ3) is 8.80. The number of hydrogen-bond donors (Lipinski definition) is 0. The Hall–Kier alpha value is 1.15. The van der Waals surface area contributed by atoms with Gasteiger partial charge in [0.2, 0.25) is 0 Å². The molecule has 0 fully saturated rings. The fourth-order valence-corrected chi connectivity index (χ4v) is 1.59. The average molecular weight is 276 g/mol. The van der Waals surface area contributed by atoms with Crippen molar-refractivity contribution < 1.29 is 64.3 Å². The Labute approximate surface area is 145 Å². The summed E-state index contributed by atoms with van der Waals surface area (Å²) in [5.41, 5.74) is -0.618. The predicted molar refractivity (Wildman–Crippen MR) is 63.5 cm³/mol. The maximum Gasteiger partial charge on any atom is 1.00 e. The molecule has 0 aliphatic carbocycles. The van der Waals surface area contributed by atoms with Gasteiger partial charge < -0.3 is 17.8 Å². The van der Waals surface area contributed by atoms with Gasteiger partial charge in [0.05, 0.1) is 0 Å². The molecule has 0 N–H and O–H groups in total. The van der Waals surface area contributed by atoms with E-state index in [0.29, 0.717) is 6.54 Å². The van der Waals surface area contributed by atoms with Gasteiger partial charge in [0.25, 0.3) is 0 Å². The van der Waals surface area contributed by atoms with E-state index in [1.165, 1.54) is 0 Å². The molecule has 96 valence electrons. The fourth-order valence-electron chi connectivity index (χ4n) is 1.59. The normalized spacial score (nSPS) is 13.7. The molecule has 7 heteroatoms. The first-order valence-corrected chi connectivity index (χ1v) is 5.44. The molecule has 0 amide bonds. The van der Waals surface area contributed by atoms with Crippen molar-refractivity contribution in [2.24, 2.45) is 0 Å². The molecule has 0 bridgehead atoms. The minimum atomic E-state index is -4.91. The SMILES string of the molecule is C=C(CN(CC)C(C)CN(C)C)[B-](F)(F)F.[K+]. The van der Waals surface area contributed by atoms with Gasteiger partial charge in [-0.15, -0.1) is 12.1 Å². The van der Waals surface area contributed by atoms with E-state index >= 15 is 0 Å². The number of rotatable bonds is 7. The van der Waals surface area contributed by atoms with Gasteiger partial charge in [0, 0.05) is 12.6 Å². The van der Waals surface area contributed by atoms with E-state index in [-0.39, 0.29) is 64.0 Å². The van der Waals surface area contributed by atoms with E-state index in [1.807, 2.05) is 32.8 Å². The zero-order chi connectivity index (χ0) is 12.9. The zero-order valence-corrected chi connectivity index (χ0v) is 14.6. The number of hydrogen-bond acceptors (Lipinski definition) is 2. The molecule has 0 spiro atoms. The van der Waals surface area contributed by atoms with Crippen LogP contribution < -0.4 is 51.4 Å². The summed E-state index contributed by atoms with van der Waals surface area (Å²) in [5, 5.41) is 0. The molecule has 1 unspecified atom stereocenters. The minimum absolute atomic E-state index is 0. The van der Waals surface area contributed by atoms with E-state index in [1.54, 1.807) is 4.90 Å². The van der Waals surface area contributed by atoms with Gasteiger partial charge in [-0.1, -0.05) is 6.92 Å². The molecule has 0 saturated heterocycles. The van der Waals surface area contributed by atoms with Crippen LogP contribution in [0, 0.1) is 0 Å². The summed E-state index contributed by atoms with van der Waals surface area (Å²) in [6.07, 6.45) is 0. The van der Waals surface area contributed by atoms with Crippen molar-refractivity contribution in [3.63, 3.8) is 0 Å². The van der Waals surface area contributed by atoms with Crippen LogP contribution in [0.25, 0.3) is 0 Å². The summed E-state index contributed by atoms with van der Waals surface area (Å²) in [7, 11) is 3.82. The van der Waals surface area contributed by atoms with Crippen LogP contribution in [0.1, 0.15) is 13.8 Å². The van der Waals surface area contributed by atoms with E-state index in [4.69, 9.17) is 0 Å². The summed E-state index contributed by atoms with van der Waals surface area (Å²) < 4.78 is 37.2. The average Bonchev–Trinajstić information content (AvgIpc) is 2.10. The smallest absolute Gasteiger partial charge is 0.445 e. The summed E-state index contributed by atoms with van der Waals surface area (Å²) in [4.78, 5) is 3.76. The molecule has 0 aliphatic rings. The van der Waals surface area contributed by atoms with Crippen LogP contribution in [0.2, 0.25) is 0 Å². The van der Waals surface area contributed by atoms with Crippen LogP contribution in [0.15, 0.2) is 12.1 Å². The first-order valence-electron chi connectivity index (χ1n) is 5.44. The molecule has 0 aromatic rings. The van der Waals surface area contributed by atoms with Crippen molar-refractivity contribution in [2.75, 3.05) is 33.7 Å². The Kier molecular flexibility index (Phi) is 11.0. The molecule has 1 atom stereocenters. The van der Waals surface area contributed by atoms with Gasteiger partial charge in [-0.25, -0.2) is 0 Å². The van der Waals surface area contributed by atoms with Gasteiger partial charge in [0.15, 0.2) is 0 Å². The molecule has 0 saturated carbocycles. The number of likely N-dealkylation sites (N-methyl/N-ethyl adjacent to an activating group) is 2. The second kappa shape index (κ2) is 9.12. The maximum absolute atomic E-state index is 12.4. The summed E-state index contributed by atoms with van der Waals surface area (Å²) in [6, 6.07) is 0.0925. The Morgan fingerprint density at radius 3 is 2.06 bits per heavy atom. The van der Waals surface area contributed by atoms with E-state index in [0.717, 1.165) is 6.54 Å². The topological polar surface area (TPSA) is 6.48 Å². The van der Waals surface area contributed by atoms with Crippen LogP contribution in [0.4, 0.5) is 12.9 Å². The maximum atomic E-state index is 12.4. The first-order chi connectivity index (χ1) is 7.18. The van der Waals surface area contributed by atoms with Crippen LogP contribution >= 0.6 is 0 Å². The van der Waals surface area contributed by atoms with Crippen LogP contribution in [-0.4, -0.2) is 56.5 Å².